The number of fused-ring (bicyclic) bond motifs is 1. The molecule has 0 fully saturated rings. The Labute approximate surface area is 161 Å². The van der Waals surface area contributed by atoms with Crippen molar-refractivity contribution in [3.8, 4) is 11.8 Å². The predicted molar refractivity (Wildman–Crippen MR) is 113 cm³/mol. The van der Waals surface area contributed by atoms with Gasteiger partial charge in [0.2, 0.25) is 0 Å². The minimum Gasteiger partial charge on any atom is -0.374 e. The highest BCUT2D eigenvalue weighted by Crippen LogP contribution is 2.23. The lowest BCUT2D eigenvalue weighted by Crippen LogP contribution is -2.21. The Kier molecular flexibility index (Phi) is 5.50. The van der Waals surface area contributed by atoms with Crippen LogP contribution in [0.15, 0.2) is 84.3 Å². The van der Waals surface area contributed by atoms with Crippen molar-refractivity contribution in [3.05, 3.63) is 89.8 Å². The van der Waals surface area contributed by atoms with Gasteiger partial charge in [-0.05, 0) is 54.8 Å². The number of allylic oxidation sites excluding steroid dienone is 6. The molecule has 2 nitrogen and oxygen atoms in total. The van der Waals surface area contributed by atoms with Crippen LogP contribution in [-0.4, -0.2) is 23.0 Å². The van der Waals surface area contributed by atoms with E-state index in [0.29, 0.717) is 0 Å². The summed E-state index contributed by atoms with van der Waals surface area (Å²) in [6.45, 7) is 2.04. The number of benzene rings is 1. The van der Waals surface area contributed by atoms with Gasteiger partial charge < -0.3 is 4.90 Å². The van der Waals surface area contributed by atoms with Crippen molar-refractivity contribution in [1.29, 1.82) is 0 Å². The molecule has 1 aliphatic heterocycles. The zero-order valence-electron chi connectivity index (χ0n) is 15.6. The van der Waals surface area contributed by atoms with Crippen molar-refractivity contribution < 1.29 is 0 Å². The fourth-order valence-corrected chi connectivity index (χ4v) is 3.44. The molecule has 4 rings (SSSR count). The molecule has 2 heterocycles. The first-order valence-corrected chi connectivity index (χ1v) is 9.69. The highest BCUT2D eigenvalue weighted by Gasteiger charge is 2.08. The predicted octanol–water partition coefficient (Wildman–Crippen LogP) is 5.40. The summed E-state index contributed by atoms with van der Waals surface area (Å²) in [4.78, 5) is 6.83. The number of para-hydroxylation sites is 1. The van der Waals surface area contributed by atoms with Gasteiger partial charge in [0.15, 0.2) is 0 Å². The summed E-state index contributed by atoms with van der Waals surface area (Å²) in [7, 11) is 0. The van der Waals surface area contributed by atoms with Crippen molar-refractivity contribution in [2.75, 3.05) is 13.1 Å². The van der Waals surface area contributed by atoms with Crippen LogP contribution in [0.25, 0.3) is 10.9 Å². The fourth-order valence-electron chi connectivity index (χ4n) is 3.44. The summed E-state index contributed by atoms with van der Waals surface area (Å²) in [5, 5.41) is 1.15. The molecule has 0 atom stereocenters. The topological polar surface area (TPSA) is 16.1 Å². The number of nitrogens with zero attached hydrogens (tertiary/aromatic N) is 2. The van der Waals surface area contributed by atoms with E-state index in [9.17, 15) is 0 Å². The molecule has 1 aromatic carbocycles. The molecule has 2 aliphatic rings. The molecule has 27 heavy (non-hydrogen) atoms. The van der Waals surface area contributed by atoms with Crippen LogP contribution in [0.5, 0.6) is 0 Å². The molecule has 0 amide bonds. The van der Waals surface area contributed by atoms with E-state index >= 15 is 0 Å². The zero-order chi connectivity index (χ0) is 18.3. The third-order valence-electron chi connectivity index (χ3n) is 4.96. The average molecular weight is 352 g/mol. The van der Waals surface area contributed by atoms with Crippen LogP contribution in [-0.2, 0) is 0 Å². The molecule has 0 saturated carbocycles. The molecule has 2 aromatic rings. The molecule has 2 heteroatoms. The van der Waals surface area contributed by atoms with E-state index in [4.69, 9.17) is 0 Å². The lowest BCUT2D eigenvalue weighted by atomic mass is 9.96. The summed E-state index contributed by atoms with van der Waals surface area (Å²) in [5.41, 5.74) is 4.86. The van der Waals surface area contributed by atoms with E-state index in [-0.39, 0.29) is 0 Å². The van der Waals surface area contributed by atoms with Crippen LogP contribution in [0, 0.1) is 11.8 Å². The van der Waals surface area contributed by atoms with Crippen LogP contribution in [0.4, 0.5) is 0 Å². The first-order valence-electron chi connectivity index (χ1n) is 9.69. The van der Waals surface area contributed by atoms with Crippen molar-refractivity contribution in [2.45, 2.75) is 25.7 Å². The maximum atomic E-state index is 4.46. The van der Waals surface area contributed by atoms with Crippen molar-refractivity contribution in [3.63, 3.8) is 0 Å². The fraction of sp³-hybridized carbons (Fsp3) is 0.240. The molecule has 0 saturated heterocycles. The van der Waals surface area contributed by atoms with E-state index in [1.54, 1.807) is 0 Å². The minimum absolute atomic E-state index is 0.906. The Balaban J connectivity index is 1.24. The lowest BCUT2D eigenvalue weighted by molar-refractivity contribution is 0.404. The quantitative estimate of drug-likeness (QED) is 0.416. The number of unbranched alkanes of at least 4 members (excludes halogenated alkanes) is 1. The second kappa shape index (κ2) is 8.56. The molecule has 134 valence electrons. The SMILES string of the molecule is C(#Cc1cnc2ccccc2c1)CCCN1C=CC(C2=CCC=CC2)=CC1. The number of pyridine rings is 1. The first-order chi connectivity index (χ1) is 13.4. The molecule has 0 bridgehead atoms. The van der Waals surface area contributed by atoms with Crippen LogP contribution in [0.1, 0.15) is 31.2 Å². The molecule has 0 unspecified atom stereocenters. The Hall–Kier alpha value is -3.05. The monoisotopic (exact) mass is 352 g/mol. The Morgan fingerprint density at radius 3 is 2.93 bits per heavy atom. The largest absolute Gasteiger partial charge is 0.374 e. The van der Waals surface area contributed by atoms with Gasteiger partial charge in [0.1, 0.15) is 0 Å². The van der Waals surface area contributed by atoms with Crippen molar-refractivity contribution >= 4 is 10.9 Å². The van der Waals surface area contributed by atoms with Gasteiger partial charge in [-0.2, -0.15) is 0 Å². The Bertz CT molecular complexity index is 996. The normalized spacial score (nSPS) is 15.9. The maximum Gasteiger partial charge on any atom is 0.0702 e. The molecule has 0 spiro atoms. The summed E-state index contributed by atoms with van der Waals surface area (Å²) in [6, 6.07) is 10.3. The second-order valence-corrected chi connectivity index (χ2v) is 6.93. The zero-order valence-corrected chi connectivity index (χ0v) is 15.6. The van der Waals surface area contributed by atoms with E-state index in [0.717, 1.165) is 55.2 Å². The third kappa shape index (κ3) is 4.57. The van der Waals surface area contributed by atoms with Crippen LogP contribution in [0.3, 0.4) is 0 Å². The van der Waals surface area contributed by atoms with Gasteiger partial charge in [-0.1, -0.05) is 54.3 Å². The van der Waals surface area contributed by atoms with Gasteiger partial charge in [0.25, 0.3) is 0 Å². The summed E-state index contributed by atoms with van der Waals surface area (Å²) < 4.78 is 0. The third-order valence-corrected chi connectivity index (χ3v) is 4.96. The molecule has 1 aliphatic carbocycles. The van der Waals surface area contributed by atoms with Crippen LogP contribution >= 0.6 is 0 Å². The molecular weight excluding hydrogens is 328 g/mol. The lowest BCUT2D eigenvalue weighted by Gasteiger charge is -2.23. The smallest absolute Gasteiger partial charge is 0.0702 e. The van der Waals surface area contributed by atoms with E-state index in [1.807, 2.05) is 24.4 Å². The van der Waals surface area contributed by atoms with Gasteiger partial charge in [0.05, 0.1) is 5.52 Å². The van der Waals surface area contributed by atoms with Gasteiger partial charge in [-0.25, -0.2) is 0 Å². The molecule has 0 radical (unpaired) electrons. The van der Waals surface area contributed by atoms with Gasteiger partial charge in [-0.15, -0.1) is 0 Å². The number of rotatable bonds is 4. The van der Waals surface area contributed by atoms with Crippen LogP contribution in [0.2, 0.25) is 0 Å². The van der Waals surface area contributed by atoms with E-state index in [1.165, 1.54) is 11.1 Å². The first kappa shape index (κ1) is 17.4. The Morgan fingerprint density at radius 1 is 1.11 bits per heavy atom. The van der Waals surface area contributed by atoms with Crippen molar-refractivity contribution in [1.82, 2.24) is 9.88 Å². The van der Waals surface area contributed by atoms with Crippen molar-refractivity contribution in [2.24, 2.45) is 0 Å². The molecule has 0 N–H and O–H groups in total. The average Bonchev–Trinajstić information content (AvgIpc) is 2.74. The summed E-state index contributed by atoms with van der Waals surface area (Å²) >= 11 is 0. The number of aromatic nitrogens is 1. The standard InChI is InChI=1S/C25H24N2/c1-4-10-22(11-5-1)23-14-17-27(18-15-23)16-8-2-3-9-21-19-24-12-6-7-13-25(24)26-20-21/h1,4,6-7,11-15,17,19-20H,2,5,8,10,16,18H2. The number of hydrogen-bond donors (Lipinski definition) is 0. The van der Waals surface area contributed by atoms with Gasteiger partial charge in [0, 0.05) is 36.7 Å². The molecular formula is C25H24N2. The number of hydrogen-bond acceptors (Lipinski definition) is 2. The van der Waals surface area contributed by atoms with Crippen LogP contribution < -0.4 is 0 Å². The van der Waals surface area contributed by atoms with E-state index < -0.39 is 0 Å². The van der Waals surface area contributed by atoms with Gasteiger partial charge >= 0.3 is 0 Å². The second-order valence-electron chi connectivity index (χ2n) is 6.93. The summed E-state index contributed by atoms with van der Waals surface area (Å²) in [5.74, 6) is 6.54. The van der Waals surface area contributed by atoms with Gasteiger partial charge in [-0.3, -0.25) is 4.98 Å². The highest BCUT2D eigenvalue weighted by molar-refractivity contribution is 5.79. The summed E-state index contributed by atoms with van der Waals surface area (Å²) in [6.07, 6.45) is 19.6. The highest BCUT2D eigenvalue weighted by atomic mass is 15.1. The van der Waals surface area contributed by atoms with E-state index in [2.05, 4.69) is 70.4 Å². The maximum absolute atomic E-state index is 4.46. The molecule has 1 aromatic heterocycles. The minimum atomic E-state index is 0.906. The Morgan fingerprint density at radius 2 is 2.07 bits per heavy atom.